The Morgan fingerprint density at radius 3 is 2.08 bits per heavy atom. The molecule has 0 heterocycles. The average molecular weight is 323 g/mol. The minimum absolute atomic E-state index is 0.337. The quantitative estimate of drug-likeness (QED) is 0.672. The molecule has 2 aromatic carbocycles. The summed E-state index contributed by atoms with van der Waals surface area (Å²) in [5.74, 6) is 0. The number of hydrogen-bond donors (Lipinski definition) is 1. The Bertz CT molecular complexity index is 619. The molecule has 24 heavy (non-hydrogen) atoms. The Labute approximate surface area is 146 Å². The van der Waals surface area contributed by atoms with Crippen LogP contribution < -0.4 is 5.32 Å². The summed E-state index contributed by atoms with van der Waals surface area (Å²) in [5, 5.41) is 3.74. The zero-order valence-electron chi connectivity index (χ0n) is 15.1. The van der Waals surface area contributed by atoms with Gasteiger partial charge in [-0.2, -0.15) is 0 Å². The molecule has 0 spiro atoms. The Morgan fingerprint density at radius 2 is 1.50 bits per heavy atom. The van der Waals surface area contributed by atoms with Gasteiger partial charge in [0.15, 0.2) is 0 Å². The monoisotopic (exact) mass is 323 g/mol. The maximum atomic E-state index is 5.24. The highest BCUT2D eigenvalue weighted by Gasteiger charge is 2.13. The lowest BCUT2D eigenvalue weighted by Gasteiger charge is -2.22. The highest BCUT2D eigenvalue weighted by Crippen LogP contribution is 2.17. The summed E-state index contributed by atoms with van der Waals surface area (Å²) >= 11 is 0. The number of hydrogen-bond acceptors (Lipinski definition) is 2. The van der Waals surface area contributed by atoms with E-state index < -0.39 is 0 Å². The zero-order valence-corrected chi connectivity index (χ0v) is 15.1. The largest absolute Gasteiger partial charge is 0.384 e. The molecule has 0 aliphatic carbocycles. The van der Waals surface area contributed by atoms with E-state index in [1.807, 2.05) is 0 Å². The minimum atomic E-state index is 0.337. The van der Waals surface area contributed by atoms with Crippen molar-refractivity contribution in [3.63, 3.8) is 0 Å². The molecule has 0 aromatic heterocycles. The predicted octanol–water partition coefficient (Wildman–Crippen LogP) is 4.76. The molecule has 128 valence electrons. The highest BCUT2D eigenvalue weighted by molar-refractivity contribution is 5.24. The van der Waals surface area contributed by atoms with Gasteiger partial charge in [0.2, 0.25) is 0 Å². The van der Waals surface area contributed by atoms with Gasteiger partial charge in [-0.1, -0.05) is 71.8 Å². The third-order valence-electron chi connectivity index (χ3n) is 4.56. The number of methoxy groups -OCH3 is 1. The lowest BCUT2D eigenvalue weighted by atomic mass is 9.95. The first-order valence-corrected chi connectivity index (χ1v) is 8.67. The van der Waals surface area contributed by atoms with Gasteiger partial charge in [0.1, 0.15) is 0 Å². The van der Waals surface area contributed by atoms with Gasteiger partial charge in [-0.05, 0) is 37.8 Å². The maximum Gasteiger partial charge on any atom is 0.0499 e. The molecule has 0 fully saturated rings. The van der Waals surface area contributed by atoms with Gasteiger partial charge in [0, 0.05) is 26.3 Å². The lowest BCUT2D eigenvalue weighted by Crippen LogP contribution is -2.32. The van der Waals surface area contributed by atoms with E-state index in [1.54, 1.807) is 7.11 Å². The van der Waals surface area contributed by atoms with Crippen molar-refractivity contribution >= 4 is 0 Å². The first-order chi connectivity index (χ1) is 11.7. The van der Waals surface area contributed by atoms with E-state index >= 15 is 0 Å². The second-order valence-electron chi connectivity index (χ2n) is 6.31. The fourth-order valence-corrected chi connectivity index (χ4v) is 2.81. The Kier molecular flexibility index (Phi) is 7.73. The SMILES string of the molecule is COCCC(C)=C(C)C(Cc1ccccc1)NCc1ccccc1. The van der Waals surface area contributed by atoms with Crippen molar-refractivity contribution in [3.8, 4) is 0 Å². The Hall–Kier alpha value is -1.90. The smallest absolute Gasteiger partial charge is 0.0499 e. The van der Waals surface area contributed by atoms with Gasteiger partial charge < -0.3 is 10.1 Å². The van der Waals surface area contributed by atoms with Crippen LogP contribution in [0.15, 0.2) is 71.8 Å². The first-order valence-electron chi connectivity index (χ1n) is 8.67. The van der Waals surface area contributed by atoms with Crippen LogP contribution in [0.4, 0.5) is 0 Å². The van der Waals surface area contributed by atoms with Crippen LogP contribution in [-0.2, 0) is 17.7 Å². The molecule has 1 N–H and O–H groups in total. The van der Waals surface area contributed by atoms with Gasteiger partial charge in [0.05, 0.1) is 0 Å². The molecule has 2 heteroatoms. The summed E-state index contributed by atoms with van der Waals surface area (Å²) in [6, 6.07) is 21.6. The Morgan fingerprint density at radius 1 is 0.917 bits per heavy atom. The summed E-state index contributed by atoms with van der Waals surface area (Å²) in [5.41, 5.74) is 5.52. The van der Waals surface area contributed by atoms with Crippen LogP contribution in [0.1, 0.15) is 31.4 Å². The number of rotatable bonds is 9. The van der Waals surface area contributed by atoms with Gasteiger partial charge in [-0.15, -0.1) is 0 Å². The van der Waals surface area contributed by atoms with Crippen LogP contribution >= 0.6 is 0 Å². The zero-order chi connectivity index (χ0) is 17.2. The van der Waals surface area contributed by atoms with Crippen molar-refractivity contribution in [2.75, 3.05) is 13.7 Å². The normalized spacial score (nSPS) is 13.5. The molecule has 0 amide bonds. The van der Waals surface area contributed by atoms with Crippen LogP contribution in [0.25, 0.3) is 0 Å². The highest BCUT2D eigenvalue weighted by atomic mass is 16.5. The van der Waals surface area contributed by atoms with Crippen molar-refractivity contribution in [2.45, 2.75) is 39.3 Å². The van der Waals surface area contributed by atoms with Crippen LogP contribution in [0, 0.1) is 0 Å². The van der Waals surface area contributed by atoms with E-state index in [4.69, 9.17) is 4.74 Å². The average Bonchev–Trinajstić information content (AvgIpc) is 2.64. The van der Waals surface area contributed by atoms with E-state index in [9.17, 15) is 0 Å². The second kappa shape index (κ2) is 10.1. The van der Waals surface area contributed by atoms with E-state index in [0.29, 0.717) is 6.04 Å². The molecule has 0 bridgehead atoms. The number of benzene rings is 2. The van der Waals surface area contributed by atoms with Crippen molar-refractivity contribution in [2.24, 2.45) is 0 Å². The number of ether oxygens (including phenoxy) is 1. The standard InChI is InChI=1S/C22H29NO/c1-18(14-15-24-3)19(2)22(16-20-10-6-4-7-11-20)23-17-21-12-8-5-9-13-21/h4-13,22-23H,14-17H2,1-3H3. The molecule has 0 saturated carbocycles. The van der Waals surface area contributed by atoms with Gasteiger partial charge in [-0.25, -0.2) is 0 Å². The molecule has 0 radical (unpaired) electrons. The van der Waals surface area contributed by atoms with Crippen LogP contribution in [0.2, 0.25) is 0 Å². The molecule has 2 rings (SSSR count). The molecule has 1 atom stereocenters. The lowest BCUT2D eigenvalue weighted by molar-refractivity contribution is 0.202. The molecule has 0 aliphatic heterocycles. The maximum absolute atomic E-state index is 5.24. The topological polar surface area (TPSA) is 21.3 Å². The van der Waals surface area contributed by atoms with Gasteiger partial charge in [0.25, 0.3) is 0 Å². The molecule has 0 saturated heterocycles. The number of nitrogens with one attached hydrogen (secondary N) is 1. The minimum Gasteiger partial charge on any atom is -0.384 e. The van der Waals surface area contributed by atoms with Crippen molar-refractivity contribution in [1.82, 2.24) is 5.32 Å². The van der Waals surface area contributed by atoms with E-state index in [0.717, 1.165) is 26.0 Å². The fourth-order valence-electron chi connectivity index (χ4n) is 2.81. The van der Waals surface area contributed by atoms with Crippen molar-refractivity contribution in [1.29, 1.82) is 0 Å². The van der Waals surface area contributed by atoms with Crippen LogP contribution in [0.3, 0.4) is 0 Å². The summed E-state index contributed by atoms with van der Waals surface area (Å²) in [6.45, 7) is 6.13. The predicted molar refractivity (Wildman–Crippen MR) is 102 cm³/mol. The van der Waals surface area contributed by atoms with E-state index in [2.05, 4.69) is 79.8 Å². The van der Waals surface area contributed by atoms with Gasteiger partial charge >= 0.3 is 0 Å². The van der Waals surface area contributed by atoms with Crippen molar-refractivity contribution in [3.05, 3.63) is 82.9 Å². The second-order valence-corrected chi connectivity index (χ2v) is 6.31. The molecule has 2 nitrogen and oxygen atoms in total. The van der Waals surface area contributed by atoms with E-state index in [-0.39, 0.29) is 0 Å². The summed E-state index contributed by atoms with van der Waals surface area (Å²) in [7, 11) is 1.76. The first kappa shape index (κ1) is 18.4. The molecule has 0 aliphatic rings. The molecule has 1 unspecified atom stereocenters. The van der Waals surface area contributed by atoms with Gasteiger partial charge in [-0.3, -0.25) is 0 Å². The summed E-state index contributed by atoms with van der Waals surface area (Å²) < 4.78 is 5.24. The van der Waals surface area contributed by atoms with Crippen LogP contribution in [-0.4, -0.2) is 19.8 Å². The third-order valence-corrected chi connectivity index (χ3v) is 4.56. The summed E-state index contributed by atoms with van der Waals surface area (Å²) in [4.78, 5) is 0. The fraction of sp³-hybridized carbons (Fsp3) is 0.364. The van der Waals surface area contributed by atoms with E-state index in [1.165, 1.54) is 22.3 Å². The summed E-state index contributed by atoms with van der Waals surface area (Å²) in [6.07, 6.45) is 1.99. The third kappa shape index (κ3) is 5.95. The Balaban J connectivity index is 2.11. The molecular formula is C22H29NO. The van der Waals surface area contributed by atoms with Crippen LogP contribution in [0.5, 0.6) is 0 Å². The molecular weight excluding hydrogens is 294 g/mol. The van der Waals surface area contributed by atoms with Crippen molar-refractivity contribution < 1.29 is 4.74 Å². The molecule has 2 aromatic rings.